The Hall–Kier alpha value is -2.34. The fourth-order valence-corrected chi connectivity index (χ4v) is 7.18. The Morgan fingerprint density at radius 2 is 1.36 bits per heavy atom. The van der Waals surface area contributed by atoms with E-state index in [1.807, 2.05) is 0 Å². The molecule has 2 saturated heterocycles. The highest BCUT2D eigenvalue weighted by Gasteiger charge is 2.30. The molecule has 0 unspecified atom stereocenters. The summed E-state index contributed by atoms with van der Waals surface area (Å²) >= 11 is 0. The third-order valence-corrected chi connectivity index (χ3v) is 9.78. The van der Waals surface area contributed by atoms with E-state index in [0.717, 1.165) is 37.8 Å². The molecule has 0 atom stereocenters. The normalized spacial score (nSPS) is 18.0. The molecule has 2 aliphatic rings. The van der Waals surface area contributed by atoms with Crippen molar-refractivity contribution < 1.29 is 26.0 Å². The number of amides is 1. The van der Waals surface area contributed by atoms with Gasteiger partial charge in [-0.25, -0.2) is 21.2 Å². The van der Waals surface area contributed by atoms with Crippen molar-refractivity contribution in [3.8, 4) is 0 Å². The molecule has 11 heteroatoms. The summed E-state index contributed by atoms with van der Waals surface area (Å²) < 4.78 is 67.6. The van der Waals surface area contributed by atoms with Crippen LogP contribution in [0.1, 0.15) is 41.6 Å². The lowest BCUT2D eigenvalue weighted by atomic mass is 10.2. The van der Waals surface area contributed by atoms with Crippen molar-refractivity contribution in [2.24, 2.45) is 0 Å². The fraction of sp³-hybridized carbons (Fsp3) is 0.409. The van der Waals surface area contributed by atoms with E-state index in [1.165, 1.54) is 26.8 Å². The molecule has 0 spiro atoms. The second-order valence-corrected chi connectivity index (χ2v) is 12.0. The Morgan fingerprint density at radius 3 is 1.94 bits per heavy atom. The molecular formula is C22H26FN3O5S2. The predicted octanol–water partition coefficient (Wildman–Crippen LogP) is 2.32. The zero-order chi connectivity index (χ0) is 23.6. The fourth-order valence-electron chi connectivity index (χ4n) is 4.05. The van der Waals surface area contributed by atoms with Crippen molar-refractivity contribution >= 4 is 26.0 Å². The van der Waals surface area contributed by atoms with E-state index in [0.29, 0.717) is 31.7 Å². The first-order chi connectivity index (χ1) is 15.7. The zero-order valence-corrected chi connectivity index (χ0v) is 19.7. The van der Waals surface area contributed by atoms with Gasteiger partial charge in [-0.1, -0.05) is 12.1 Å². The highest BCUT2D eigenvalue weighted by molar-refractivity contribution is 7.89. The molecule has 1 amide bonds. The number of nitrogens with zero attached hydrogens (tertiary/aromatic N) is 2. The Kier molecular flexibility index (Phi) is 6.85. The summed E-state index contributed by atoms with van der Waals surface area (Å²) in [7, 11) is -7.51. The van der Waals surface area contributed by atoms with Gasteiger partial charge >= 0.3 is 0 Å². The summed E-state index contributed by atoms with van der Waals surface area (Å²) in [6.07, 6.45) is 3.15. The van der Waals surface area contributed by atoms with E-state index >= 15 is 0 Å². The lowest BCUT2D eigenvalue weighted by molar-refractivity contribution is 0.0950. The molecule has 33 heavy (non-hydrogen) atoms. The van der Waals surface area contributed by atoms with Gasteiger partial charge in [-0.15, -0.1) is 0 Å². The summed E-state index contributed by atoms with van der Waals surface area (Å²) in [5.74, 6) is -1.45. The number of hydrogen-bond donors (Lipinski definition) is 1. The molecular weight excluding hydrogens is 469 g/mol. The first kappa shape index (κ1) is 23.8. The van der Waals surface area contributed by atoms with Crippen LogP contribution in [0.4, 0.5) is 4.39 Å². The van der Waals surface area contributed by atoms with E-state index in [1.54, 1.807) is 12.1 Å². The largest absolute Gasteiger partial charge is 0.348 e. The van der Waals surface area contributed by atoms with Crippen LogP contribution in [0.25, 0.3) is 0 Å². The number of carbonyl (C=O) groups is 1. The third-order valence-electron chi connectivity index (χ3n) is 5.96. The van der Waals surface area contributed by atoms with Crippen molar-refractivity contribution in [1.82, 2.24) is 13.9 Å². The minimum Gasteiger partial charge on any atom is -0.348 e. The molecule has 2 heterocycles. The molecule has 0 bridgehead atoms. The number of nitrogens with one attached hydrogen (secondary N) is 1. The molecule has 8 nitrogen and oxygen atoms in total. The van der Waals surface area contributed by atoms with Crippen LogP contribution in [0.15, 0.2) is 52.3 Å². The van der Waals surface area contributed by atoms with Gasteiger partial charge in [0.2, 0.25) is 20.0 Å². The van der Waals surface area contributed by atoms with Crippen molar-refractivity contribution in [2.45, 2.75) is 42.0 Å². The van der Waals surface area contributed by atoms with E-state index in [2.05, 4.69) is 5.32 Å². The Morgan fingerprint density at radius 1 is 0.818 bits per heavy atom. The van der Waals surface area contributed by atoms with Crippen LogP contribution in [-0.2, 0) is 26.6 Å². The van der Waals surface area contributed by atoms with Gasteiger partial charge < -0.3 is 5.32 Å². The highest BCUT2D eigenvalue weighted by atomic mass is 32.2. The molecule has 0 radical (unpaired) electrons. The Balaban J connectivity index is 1.44. The molecule has 2 aromatic rings. The summed E-state index contributed by atoms with van der Waals surface area (Å²) in [6, 6.07) is 9.54. The average Bonchev–Trinajstić information content (AvgIpc) is 3.53. The second kappa shape index (κ2) is 9.49. The van der Waals surface area contributed by atoms with Gasteiger partial charge in [0.1, 0.15) is 10.7 Å². The molecule has 0 aliphatic carbocycles. The molecule has 0 aromatic heterocycles. The maximum absolute atomic E-state index is 14.3. The van der Waals surface area contributed by atoms with Crippen LogP contribution >= 0.6 is 0 Å². The standard InChI is InChI=1S/C22H26FN3O5S2/c23-20-10-7-18(15-21(20)33(30,31)26-13-3-4-14-26)22(27)24-16-17-5-8-19(9-6-17)32(28,29)25-11-1-2-12-25/h5-10,15H,1-4,11-14,16H2,(H,24,27). The number of benzene rings is 2. The maximum atomic E-state index is 14.3. The molecule has 2 fully saturated rings. The summed E-state index contributed by atoms with van der Waals surface area (Å²) in [6.45, 7) is 1.82. The number of sulfonamides is 2. The number of hydrogen-bond acceptors (Lipinski definition) is 5. The maximum Gasteiger partial charge on any atom is 0.251 e. The predicted molar refractivity (Wildman–Crippen MR) is 120 cm³/mol. The van der Waals surface area contributed by atoms with Crippen LogP contribution in [0, 0.1) is 5.82 Å². The topological polar surface area (TPSA) is 104 Å². The SMILES string of the molecule is O=C(NCc1ccc(S(=O)(=O)N2CCCC2)cc1)c1ccc(F)c(S(=O)(=O)N2CCCC2)c1. The first-order valence-electron chi connectivity index (χ1n) is 10.9. The van der Waals surface area contributed by atoms with Crippen molar-refractivity contribution in [3.63, 3.8) is 0 Å². The van der Waals surface area contributed by atoms with E-state index in [9.17, 15) is 26.0 Å². The molecule has 178 valence electrons. The average molecular weight is 496 g/mol. The zero-order valence-electron chi connectivity index (χ0n) is 18.0. The highest BCUT2D eigenvalue weighted by Crippen LogP contribution is 2.24. The smallest absolute Gasteiger partial charge is 0.251 e. The van der Waals surface area contributed by atoms with Crippen LogP contribution < -0.4 is 5.32 Å². The minimum atomic E-state index is -4.00. The van der Waals surface area contributed by atoms with E-state index in [-0.39, 0.29) is 17.0 Å². The number of carbonyl (C=O) groups excluding carboxylic acids is 1. The second-order valence-electron chi connectivity index (χ2n) is 8.19. The Labute approximate surface area is 193 Å². The lowest BCUT2D eigenvalue weighted by Gasteiger charge is -2.17. The van der Waals surface area contributed by atoms with Gasteiger partial charge in [0.15, 0.2) is 0 Å². The van der Waals surface area contributed by atoms with Crippen LogP contribution in [0.3, 0.4) is 0 Å². The monoisotopic (exact) mass is 495 g/mol. The molecule has 2 aliphatic heterocycles. The summed E-state index contributed by atoms with van der Waals surface area (Å²) in [5, 5.41) is 2.67. The number of rotatable bonds is 7. The van der Waals surface area contributed by atoms with Gasteiger partial charge in [-0.3, -0.25) is 4.79 Å². The van der Waals surface area contributed by atoms with Gasteiger partial charge in [0.05, 0.1) is 4.90 Å². The quantitative estimate of drug-likeness (QED) is 0.635. The van der Waals surface area contributed by atoms with E-state index in [4.69, 9.17) is 0 Å². The van der Waals surface area contributed by atoms with Crippen LogP contribution in [0.5, 0.6) is 0 Å². The molecule has 4 rings (SSSR count). The molecule has 1 N–H and O–H groups in total. The molecule has 2 aromatic carbocycles. The van der Waals surface area contributed by atoms with Gasteiger partial charge in [-0.05, 0) is 61.6 Å². The molecule has 0 saturated carbocycles. The van der Waals surface area contributed by atoms with E-state index < -0.39 is 36.7 Å². The van der Waals surface area contributed by atoms with Crippen LogP contribution in [0.2, 0.25) is 0 Å². The summed E-state index contributed by atoms with van der Waals surface area (Å²) in [4.78, 5) is 12.3. The van der Waals surface area contributed by atoms with Gasteiger partial charge in [0.25, 0.3) is 5.91 Å². The van der Waals surface area contributed by atoms with Crippen molar-refractivity contribution in [3.05, 3.63) is 59.4 Å². The van der Waals surface area contributed by atoms with Crippen molar-refractivity contribution in [2.75, 3.05) is 26.2 Å². The van der Waals surface area contributed by atoms with Crippen molar-refractivity contribution in [1.29, 1.82) is 0 Å². The van der Waals surface area contributed by atoms with Gasteiger partial charge in [-0.2, -0.15) is 8.61 Å². The number of halogens is 1. The minimum absolute atomic E-state index is 0.0300. The Bertz CT molecular complexity index is 1240. The summed E-state index contributed by atoms with van der Waals surface area (Å²) in [5.41, 5.74) is 0.707. The first-order valence-corrected chi connectivity index (χ1v) is 13.7. The third kappa shape index (κ3) is 4.96. The lowest BCUT2D eigenvalue weighted by Crippen LogP contribution is -2.29. The van der Waals surface area contributed by atoms with Crippen LogP contribution in [-0.4, -0.2) is 57.5 Å². The van der Waals surface area contributed by atoms with Gasteiger partial charge in [0, 0.05) is 38.3 Å².